The number of benzene rings is 1. The first-order chi connectivity index (χ1) is 8.12. The van der Waals surface area contributed by atoms with Gasteiger partial charge < -0.3 is 4.74 Å². The Morgan fingerprint density at radius 3 is 2.82 bits per heavy atom. The molecule has 0 saturated carbocycles. The summed E-state index contributed by atoms with van der Waals surface area (Å²) in [5, 5.41) is 8.79. The molecule has 1 aromatic rings. The van der Waals surface area contributed by atoms with Gasteiger partial charge >= 0.3 is 5.97 Å². The summed E-state index contributed by atoms with van der Waals surface area (Å²) in [5.41, 5.74) is 1.14. The third-order valence-electron chi connectivity index (χ3n) is 2.15. The molecule has 17 heavy (non-hydrogen) atoms. The summed E-state index contributed by atoms with van der Waals surface area (Å²) >= 11 is 4.12. The van der Waals surface area contributed by atoms with Gasteiger partial charge in [-0.1, -0.05) is 0 Å². The van der Waals surface area contributed by atoms with Crippen LogP contribution >= 0.6 is 12.6 Å². The molecule has 1 rings (SSSR count). The fraction of sp³-hybridized carbons (Fsp3) is 0.250. The number of thiol groups is 1. The van der Waals surface area contributed by atoms with Crippen LogP contribution in [0.25, 0.3) is 0 Å². The number of aldehydes is 1. The molecule has 88 valence electrons. The monoisotopic (exact) mass is 249 g/mol. The van der Waals surface area contributed by atoms with E-state index in [9.17, 15) is 9.59 Å². The molecule has 0 fully saturated rings. The minimum Gasteiger partial charge on any atom is -0.466 e. The summed E-state index contributed by atoms with van der Waals surface area (Å²) in [6.45, 7) is 2.00. The highest BCUT2D eigenvalue weighted by molar-refractivity contribution is 7.80. The van der Waals surface area contributed by atoms with Crippen molar-refractivity contribution in [3.8, 4) is 6.07 Å². The number of hydrogen-bond donors (Lipinski definition) is 1. The van der Waals surface area contributed by atoms with Crippen molar-refractivity contribution < 1.29 is 14.3 Å². The van der Waals surface area contributed by atoms with Crippen molar-refractivity contribution in [1.29, 1.82) is 5.26 Å². The number of carbonyl (C=O) groups is 2. The van der Waals surface area contributed by atoms with Gasteiger partial charge in [0.2, 0.25) is 0 Å². The number of esters is 1. The lowest BCUT2D eigenvalue weighted by Gasteiger charge is -2.07. The van der Waals surface area contributed by atoms with E-state index in [4.69, 9.17) is 10.00 Å². The molecule has 4 nitrogen and oxygen atoms in total. The predicted molar refractivity (Wildman–Crippen MR) is 64.1 cm³/mol. The molecule has 1 aromatic carbocycles. The summed E-state index contributed by atoms with van der Waals surface area (Å²) in [6.07, 6.45) is 0.615. The number of rotatable bonds is 4. The van der Waals surface area contributed by atoms with Crippen LogP contribution in [0.15, 0.2) is 17.0 Å². The molecule has 0 aliphatic rings. The summed E-state index contributed by atoms with van der Waals surface area (Å²) < 4.78 is 4.80. The van der Waals surface area contributed by atoms with E-state index in [1.807, 2.05) is 6.07 Å². The van der Waals surface area contributed by atoms with Crippen molar-refractivity contribution in [2.45, 2.75) is 18.2 Å². The predicted octanol–water partition coefficient (Wildman–Crippen LogP) is 1.77. The average Bonchev–Trinajstić information content (AvgIpc) is 2.29. The van der Waals surface area contributed by atoms with Gasteiger partial charge in [-0.3, -0.25) is 9.59 Å². The van der Waals surface area contributed by atoms with Gasteiger partial charge in [0.05, 0.1) is 18.6 Å². The van der Waals surface area contributed by atoms with Gasteiger partial charge in [-0.05, 0) is 24.6 Å². The standard InChI is InChI=1S/C12H11NO3S/c1-2-16-12(15)5-8-4-11(17)9(6-13)3-10(8)7-14/h3-4,7,17H,2,5H2,1H3. The molecule has 0 heterocycles. The molecule has 0 aliphatic carbocycles. The molecule has 0 radical (unpaired) electrons. The van der Waals surface area contributed by atoms with E-state index in [-0.39, 0.29) is 6.42 Å². The lowest BCUT2D eigenvalue weighted by atomic mass is 10.0. The first kappa shape index (κ1) is 13.3. The van der Waals surface area contributed by atoms with Crippen molar-refractivity contribution in [2.24, 2.45) is 0 Å². The molecular formula is C12H11NO3S. The Bertz CT molecular complexity index is 491. The molecule has 0 aliphatic heterocycles. The molecule has 0 amide bonds. The number of ether oxygens (including phenoxy) is 1. The highest BCUT2D eigenvalue weighted by atomic mass is 32.1. The maximum absolute atomic E-state index is 11.3. The molecule has 0 bridgehead atoms. The van der Waals surface area contributed by atoms with Crippen LogP contribution in [0, 0.1) is 11.3 Å². The van der Waals surface area contributed by atoms with Gasteiger partial charge in [0.15, 0.2) is 0 Å². The van der Waals surface area contributed by atoms with E-state index in [1.54, 1.807) is 13.0 Å². The zero-order valence-corrected chi connectivity index (χ0v) is 10.2. The van der Waals surface area contributed by atoms with Crippen molar-refractivity contribution in [3.63, 3.8) is 0 Å². The number of nitriles is 1. The lowest BCUT2D eigenvalue weighted by Crippen LogP contribution is -2.09. The Morgan fingerprint density at radius 2 is 2.29 bits per heavy atom. The second-order valence-electron chi connectivity index (χ2n) is 3.28. The third-order valence-corrected chi connectivity index (χ3v) is 2.52. The topological polar surface area (TPSA) is 67.2 Å². The Balaban J connectivity index is 3.07. The van der Waals surface area contributed by atoms with Crippen LogP contribution in [0.4, 0.5) is 0 Å². The minimum atomic E-state index is -0.409. The average molecular weight is 249 g/mol. The van der Waals surface area contributed by atoms with Crippen molar-refractivity contribution >= 4 is 24.9 Å². The fourth-order valence-electron chi connectivity index (χ4n) is 1.37. The summed E-state index contributed by atoms with van der Waals surface area (Å²) in [6, 6.07) is 4.89. The Morgan fingerprint density at radius 1 is 1.59 bits per heavy atom. The Kier molecular flexibility index (Phi) is 4.73. The molecule has 0 saturated heterocycles. The molecule has 0 aromatic heterocycles. The first-order valence-electron chi connectivity index (χ1n) is 4.99. The Hall–Kier alpha value is -1.80. The van der Waals surface area contributed by atoms with Gasteiger partial charge in [-0.2, -0.15) is 5.26 Å². The highest BCUT2D eigenvalue weighted by Gasteiger charge is 2.11. The van der Waals surface area contributed by atoms with Gasteiger partial charge in [-0.15, -0.1) is 12.6 Å². The van der Waals surface area contributed by atoms with E-state index in [0.29, 0.717) is 34.5 Å². The quantitative estimate of drug-likeness (QED) is 0.501. The summed E-state index contributed by atoms with van der Waals surface area (Å²) in [4.78, 5) is 22.6. The maximum atomic E-state index is 11.3. The van der Waals surface area contributed by atoms with E-state index < -0.39 is 5.97 Å². The van der Waals surface area contributed by atoms with Crippen LogP contribution in [0.2, 0.25) is 0 Å². The van der Waals surface area contributed by atoms with Crippen molar-refractivity contribution in [2.75, 3.05) is 6.61 Å². The summed E-state index contributed by atoms with van der Waals surface area (Å²) in [5.74, 6) is -0.409. The molecule has 5 heteroatoms. The normalized spacial score (nSPS) is 9.47. The molecule has 0 N–H and O–H groups in total. The van der Waals surface area contributed by atoms with Gasteiger partial charge in [0.1, 0.15) is 12.4 Å². The summed E-state index contributed by atoms with van der Waals surface area (Å²) in [7, 11) is 0. The first-order valence-corrected chi connectivity index (χ1v) is 5.43. The van der Waals surface area contributed by atoms with Crippen LogP contribution in [0.1, 0.15) is 28.4 Å². The molecule has 0 atom stereocenters. The lowest BCUT2D eigenvalue weighted by molar-refractivity contribution is -0.142. The van der Waals surface area contributed by atoms with Gasteiger partial charge in [0.25, 0.3) is 0 Å². The van der Waals surface area contributed by atoms with Crippen LogP contribution in [-0.4, -0.2) is 18.9 Å². The van der Waals surface area contributed by atoms with E-state index >= 15 is 0 Å². The highest BCUT2D eigenvalue weighted by Crippen LogP contribution is 2.19. The maximum Gasteiger partial charge on any atom is 0.310 e. The minimum absolute atomic E-state index is 0.00117. The molecule has 0 unspecified atom stereocenters. The van der Waals surface area contributed by atoms with Crippen molar-refractivity contribution in [1.82, 2.24) is 0 Å². The zero-order chi connectivity index (χ0) is 12.8. The number of nitrogens with zero attached hydrogens (tertiary/aromatic N) is 1. The fourth-order valence-corrected chi connectivity index (χ4v) is 1.64. The second-order valence-corrected chi connectivity index (χ2v) is 3.76. The third kappa shape index (κ3) is 3.33. The van der Waals surface area contributed by atoms with Gasteiger partial charge in [0, 0.05) is 10.5 Å². The molecular weight excluding hydrogens is 238 g/mol. The number of hydrogen-bond acceptors (Lipinski definition) is 5. The van der Waals surface area contributed by atoms with Crippen LogP contribution in [0.3, 0.4) is 0 Å². The Labute approximate surface area is 105 Å². The zero-order valence-electron chi connectivity index (χ0n) is 9.27. The number of carbonyl (C=O) groups excluding carboxylic acids is 2. The van der Waals surface area contributed by atoms with E-state index in [2.05, 4.69) is 12.6 Å². The SMILES string of the molecule is CCOC(=O)Cc1cc(S)c(C#N)cc1C=O. The van der Waals surface area contributed by atoms with E-state index in [0.717, 1.165) is 0 Å². The van der Waals surface area contributed by atoms with E-state index in [1.165, 1.54) is 6.07 Å². The smallest absolute Gasteiger partial charge is 0.310 e. The van der Waals surface area contributed by atoms with Crippen LogP contribution in [0.5, 0.6) is 0 Å². The van der Waals surface area contributed by atoms with Gasteiger partial charge in [-0.25, -0.2) is 0 Å². The second kappa shape index (κ2) is 6.06. The largest absolute Gasteiger partial charge is 0.466 e. The van der Waals surface area contributed by atoms with Crippen LogP contribution in [-0.2, 0) is 16.0 Å². The molecule has 0 spiro atoms. The van der Waals surface area contributed by atoms with Crippen LogP contribution < -0.4 is 0 Å². The van der Waals surface area contributed by atoms with Crippen molar-refractivity contribution in [3.05, 3.63) is 28.8 Å².